The summed E-state index contributed by atoms with van der Waals surface area (Å²) in [5.41, 5.74) is -1.18. The first-order valence-corrected chi connectivity index (χ1v) is 9.00. The van der Waals surface area contributed by atoms with Gasteiger partial charge in [0.1, 0.15) is 5.41 Å². The van der Waals surface area contributed by atoms with Crippen LogP contribution in [0.15, 0.2) is 12.7 Å². The maximum Gasteiger partial charge on any atom is 0.314 e. The van der Waals surface area contributed by atoms with Gasteiger partial charge in [-0.25, -0.2) is 0 Å². The molecule has 0 radical (unpaired) electrons. The van der Waals surface area contributed by atoms with E-state index in [9.17, 15) is 19.5 Å². The standard InChI is InChI=1S/C18H27N3O4/c1-3-8-20-11-18(17(24)25)12-21(9-14(18)16(20)23)15(22)10-19(2)13-6-4-5-7-13/h3,13-14H,1,4-12H2,2H3,(H,24,25)/t14-,18+/m0/s1. The Hall–Kier alpha value is -1.89. The Balaban J connectivity index is 1.68. The molecule has 7 nitrogen and oxygen atoms in total. The maximum absolute atomic E-state index is 12.7. The van der Waals surface area contributed by atoms with Crippen molar-refractivity contribution < 1.29 is 19.5 Å². The van der Waals surface area contributed by atoms with Crippen LogP contribution in [0, 0.1) is 11.3 Å². The third kappa shape index (κ3) is 3.05. The SMILES string of the molecule is C=CCN1C[C@@]2(C(=O)O)CN(C(=O)CN(C)C3CCCC3)C[C@H]2C1=O. The van der Waals surface area contributed by atoms with Gasteiger partial charge >= 0.3 is 5.97 Å². The van der Waals surface area contributed by atoms with Crippen molar-refractivity contribution in [1.29, 1.82) is 0 Å². The lowest BCUT2D eigenvalue weighted by Gasteiger charge is -2.28. The lowest BCUT2D eigenvalue weighted by molar-refractivity contribution is -0.150. The second kappa shape index (κ2) is 6.78. The van der Waals surface area contributed by atoms with Gasteiger partial charge < -0.3 is 14.9 Å². The number of nitrogens with zero attached hydrogens (tertiary/aromatic N) is 3. The van der Waals surface area contributed by atoms with Gasteiger partial charge in [-0.2, -0.15) is 0 Å². The molecule has 3 rings (SSSR count). The topological polar surface area (TPSA) is 81.2 Å². The van der Waals surface area contributed by atoms with Crippen LogP contribution in [0.5, 0.6) is 0 Å². The minimum Gasteiger partial charge on any atom is -0.481 e. The highest BCUT2D eigenvalue weighted by atomic mass is 16.4. The quantitative estimate of drug-likeness (QED) is 0.703. The summed E-state index contributed by atoms with van der Waals surface area (Å²) in [6.45, 7) is 4.73. The smallest absolute Gasteiger partial charge is 0.314 e. The molecule has 1 saturated carbocycles. The number of hydrogen-bond donors (Lipinski definition) is 1. The molecule has 3 aliphatic rings. The third-order valence-electron chi connectivity index (χ3n) is 6.09. The fourth-order valence-corrected chi connectivity index (χ4v) is 4.60. The molecular weight excluding hydrogens is 322 g/mol. The zero-order valence-electron chi connectivity index (χ0n) is 14.8. The van der Waals surface area contributed by atoms with Crippen molar-refractivity contribution >= 4 is 17.8 Å². The van der Waals surface area contributed by atoms with E-state index < -0.39 is 17.3 Å². The van der Waals surface area contributed by atoms with Crippen LogP contribution >= 0.6 is 0 Å². The Morgan fingerprint density at radius 1 is 1.36 bits per heavy atom. The van der Waals surface area contributed by atoms with Crippen LogP contribution in [-0.2, 0) is 14.4 Å². The van der Waals surface area contributed by atoms with Crippen LogP contribution < -0.4 is 0 Å². The molecule has 2 atom stereocenters. The number of likely N-dealkylation sites (tertiary alicyclic amines) is 2. The number of carbonyl (C=O) groups excluding carboxylic acids is 2. The number of carboxylic acids is 1. The predicted molar refractivity (Wildman–Crippen MR) is 91.8 cm³/mol. The number of fused-ring (bicyclic) bond motifs is 1. The molecule has 0 aromatic heterocycles. The molecule has 2 amide bonds. The van der Waals surface area contributed by atoms with Gasteiger partial charge in [0.2, 0.25) is 11.8 Å². The van der Waals surface area contributed by atoms with Gasteiger partial charge in [0.05, 0.1) is 12.5 Å². The summed E-state index contributed by atoms with van der Waals surface area (Å²) in [6.07, 6.45) is 6.23. The summed E-state index contributed by atoms with van der Waals surface area (Å²) >= 11 is 0. The second-order valence-corrected chi connectivity index (χ2v) is 7.65. The molecule has 0 aromatic rings. The van der Waals surface area contributed by atoms with Gasteiger partial charge in [-0.3, -0.25) is 19.3 Å². The lowest BCUT2D eigenvalue weighted by atomic mass is 9.81. The number of carbonyl (C=O) groups is 3. The molecule has 2 aliphatic heterocycles. The predicted octanol–water partition coefficient (Wildman–Crippen LogP) is 0.418. The monoisotopic (exact) mass is 349 g/mol. The van der Waals surface area contributed by atoms with Crippen LogP contribution in [0.1, 0.15) is 25.7 Å². The summed E-state index contributed by atoms with van der Waals surface area (Å²) in [6, 6.07) is 0.434. The number of likely N-dealkylation sites (N-methyl/N-ethyl adjacent to an activating group) is 1. The highest BCUT2D eigenvalue weighted by molar-refractivity contribution is 5.94. The van der Waals surface area contributed by atoms with Gasteiger partial charge in [0.15, 0.2) is 0 Å². The highest BCUT2D eigenvalue weighted by Crippen LogP contribution is 2.43. The van der Waals surface area contributed by atoms with Gasteiger partial charge in [0, 0.05) is 32.2 Å². The molecule has 0 bridgehead atoms. The van der Waals surface area contributed by atoms with Crippen LogP contribution in [-0.4, -0.2) is 83.4 Å². The number of aliphatic carboxylic acids is 1. The Morgan fingerprint density at radius 2 is 2.04 bits per heavy atom. The van der Waals surface area contributed by atoms with Crippen molar-refractivity contribution in [3.8, 4) is 0 Å². The van der Waals surface area contributed by atoms with E-state index in [-0.39, 0.29) is 38.0 Å². The Bertz CT molecular complexity index is 587. The normalized spacial score (nSPS) is 29.5. The minimum absolute atomic E-state index is 0.0764. The average Bonchev–Trinajstić information content (AvgIpc) is 3.26. The molecule has 138 valence electrons. The van der Waals surface area contributed by atoms with Crippen molar-refractivity contribution in [1.82, 2.24) is 14.7 Å². The summed E-state index contributed by atoms with van der Waals surface area (Å²) < 4.78 is 0. The van der Waals surface area contributed by atoms with Crippen molar-refractivity contribution in [3.05, 3.63) is 12.7 Å². The van der Waals surface area contributed by atoms with E-state index in [2.05, 4.69) is 11.5 Å². The van der Waals surface area contributed by atoms with E-state index in [1.54, 1.807) is 11.0 Å². The Kier molecular flexibility index (Phi) is 4.86. The largest absolute Gasteiger partial charge is 0.481 e. The number of amides is 2. The molecule has 3 fully saturated rings. The van der Waals surface area contributed by atoms with E-state index in [0.29, 0.717) is 12.6 Å². The van der Waals surface area contributed by atoms with Crippen LogP contribution in [0.3, 0.4) is 0 Å². The summed E-state index contributed by atoms with van der Waals surface area (Å²) in [4.78, 5) is 42.4. The maximum atomic E-state index is 12.7. The first-order valence-electron chi connectivity index (χ1n) is 9.00. The Morgan fingerprint density at radius 3 is 2.60 bits per heavy atom. The van der Waals surface area contributed by atoms with Crippen molar-refractivity contribution in [2.45, 2.75) is 31.7 Å². The van der Waals surface area contributed by atoms with Crippen molar-refractivity contribution in [3.63, 3.8) is 0 Å². The molecule has 0 aromatic carbocycles. The lowest BCUT2D eigenvalue weighted by Crippen LogP contribution is -2.45. The molecule has 1 N–H and O–H groups in total. The fraction of sp³-hybridized carbons (Fsp3) is 0.722. The van der Waals surface area contributed by atoms with Gasteiger partial charge in [0.25, 0.3) is 0 Å². The van der Waals surface area contributed by atoms with E-state index in [1.807, 2.05) is 7.05 Å². The summed E-state index contributed by atoms with van der Waals surface area (Å²) in [5, 5.41) is 9.78. The van der Waals surface area contributed by atoms with Crippen molar-refractivity contribution in [2.24, 2.45) is 11.3 Å². The van der Waals surface area contributed by atoms with E-state index in [4.69, 9.17) is 0 Å². The number of hydrogen-bond acceptors (Lipinski definition) is 4. The average molecular weight is 349 g/mol. The minimum atomic E-state index is -1.18. The molecule has 7 heteroatoms. The number of rotatable bonds is 6. The molecule has 2 saturated heterocycles. The van der Waals surface area contributed by atoms with Crippen LogP contribution in [0.4, 0.5) is 0 Å². The van der Waals surface area contributed by atoms with Crippen LogP contribution in [0.2, 0.25) is 0 Å². The number of carboxylic acid groups (broad SMARTS) is 1. The zero-order valence-corrected chi connectivity index (χ0v) is 14.8. The summed E-state index contributed by atoms with van der Waals surface area (Å²) in [7, 11) is 1.95. The van der Waals surface area contributed by atoms with Gasteiger partial charge in [-0.1, -0.05) is 18.9 Å². The Labute approximate surface area is 148 Å². The van der Waals surface area contributed by atoms with Crippen LogP contribution in [0.25, 0.3) is 0 Å². The first-order chi connectivity index (χ1) is 11.9. The van der Waals surface area contributed by atoms with Crippen molar-refractivity contribution in [2.75, 3.05) is 39.8 Å². The molecule has 1 aliphatic carbocycles. The van der Waals surface area contributed by atoms with E-state index in [0.717, 1.165) is 12.8 Å². The van der Waals surface area contributed by atoms with E-state index >= 15 is 0 Å². The zero-order chi connectivity index (χ0) is 18.2. The molecule has 2 heterocycles. The molecule has 25 heavy (non-hydrogen) atoms. The van der Waals surface area contributed by atoms with Gasteiger partial charge in [-0.05, 0) is 19.9 Å². The first kappa shape index (κ1) is 17.9. The molecule has 0 spiro atoms. The van der Waals surface area contributed by atoms with E-state index in [1.165, 1.54) is 17.7 Å². The molecular formula is C18H27N3O4. The second-order valence-electron chi connectivity index (χ2n) is 7.65. The highest BCUT2D eigenvalue weighted by Gasteiger charge is 2.62. The third-order valence-corrected chi connectivity index (χ3v) is 6.09. The summed E-state index contributed by atoms with van der Waals surface area (Å²) in [5.74, 6) is -1.89. The fourth-order valence-electron chi connectivity index (χ4n) is 4.60. The molecule has 0 unspecified atom stereocenters. The van der Waals surface area contributed by atoms with Gasteiger partial charge in [-0.15, -0.1) is 6.58 Å².